The molecule has 1 heterocycles. The van der Waals surface area contributed by atoms with Gasteiger partial charge in [-0.2, -0.15) is 5.10 Å². The maximum Gasteiger partial charge on any atom is 0.288 e. The van der Waals surface area contributed by atoms with E-state index in [1.54, 1.807) is 30.3 Å². The van der Waals surface area contributed by atoms with Crippen molar-refractivity contribution in [1.29, 1.82) is 0 Å². The molecule has 0 aliphatic rings. The van der Waals surface area contributed by atoms with Crippen LogP contribution in [0.4, 0.5) is 0 Å². The smallest absolute Gasteiger partial charge is 0.288 e. The Balaban J connectivity index is 1.72. The summed E-state index contributed by atoms with van der Waals surface area (Å²) in [5.41, 5.74) is 5.87. The molecule has 0 saturated carbocycles. The molecule has 0 radical (unpaired) electrons. The van der Waals surface area contributed by atoms with Crippen molar-refractivity contribution in [2.45, 2.75) is 0 Å². The van der Waals surface area contributed by atoms with Gasteiger partial charge in [0.05, 0.1) is 6.21 Å². The van der Waals surface area contributed by atoms with Crippen LogP contribution in [0.15, 0.2) is 77.9 Å². The normalized spacial score (nSPS) is 11.2. The van der Waals surface area contributed by atoms with E-state index in [1.165, 1.54) is 6.21 Å². The number of aromatic hydroxyl groups is 1. The molecule has 0 bridgehead atoms. The number of benzene rings is 3. The van der Waals surface area contributed by atoms with Crippen LogP contribution >= 0.6 is 11.6 Å². The molecule has 0 saturated heterocycles. The van der Waals surface area contributed by atoms with Gasteiger partial charge in [0.1, 0.15) is 11.4 Å². The molecule has 0 aliphatic heterocycles. The van der Waals surface area contributed by atoms with Crippen molar-refractivity contribution in [3.8, 4) is 16.9 Å². The summed E-state index contributed by atoms with van der Waals surface area (Å²) >= 11 is 6.17. The summed E-state index contributed by atoms with van der Waals surface area (Å²) in [5, 5.41) is 15.2. The van der Waals surface area contributed by atoms with Crippen molar-refractivity contribution in [3.63, 3.8) is 0 Å². The third-order valence-electron chi connectivity index (χ3n) is 4.36. The predicted molar refractivity (Wildman–Crippen MR) is 112 cm³/mol. The average Bonchev–Trinajstić information content (AvgIpc) is 3.08. The SMILES string of the molecule is O=C(N/N=C/c1ccccc1O)c1[nH]c2ccc(Cl)cc2c1-c1ccccc1. The van der Waals surface area contributed by atoms with Crippen LogP contribution in [-0.4, -0.2) is 22.2 Å². The standard InChI is InChI=1S/C22H16ClN3O2/c23-16-10-11-18-17(12-16)20(14-6-2-1-3-7-14)21(25-18)22(28)26-24-13-15-8-4-5-9-19(15)27/h1-13,25,27H,(H,26,28)/b24-13+. The van der Waals surface area contributed by atoms with Crippen LogP contribution < -0.4 is 5.43 Å². The third kappa shape index (κ3) is 3.48. The molecular weight excluding hydrogens is 374 g/mol. The highest BCUT2D eigenvalue weighted by Gasteiger charge is 2.19. The number of phenols is 1. The van der Waals surface area contributed by atoms with Gasteiger partial charge < -0.3 is 10.1 Å². The van der Waals surface area contributed by atoms with Gasteiger partial charge in [0.25, 0.3) is 5.91 Å². The molecule has 1 aromatic heterocycles. The van der Waals surface area contributed by atoms with E-state index >= 15 is 0 Å². The first-order chi connectivity index (χ1) is 13.6. The lowest BCUT2D eigenvalue weighted by Gasteiger charge is -2.04. The Hall–Kier alpha value is -3.57. The molecular formula is C22H16ClN3O2. The highest BCUT2D eigenvalue weighted by molar-refractivity contribution is 6.31. The summed E-state index contributed by atoms with van der Waals surface area (Å²) in [6.45, 7) is 0. The summed E-state index contributed by atoms with van der Waals surface area (Å²) in [6.07, 6.45) is 1.40. The van der Waals surface area contributed by atoms with E-state index in [-0.39, 0.29) is 5.75 Å². The van der Waals surface area contributed by atoms with Crippen molar-refractivity contribution >= 4 is 34.6 Å². The number of carbonyl (C=O) groups is 1. The van der Waals surface area contributed by atoms with Crippen molar-refractivity contribution in [1.82, 2.24) is 10.4 Å². The molecule has 6 heteroatoms. The quantitative estimate of drug-likeness (QED) is 0.341. The minimum Gasteiger partial charge on any atom is -0.507 e. The highest BCUT2D eigenvalue weighted by Crippen LogP contribution is 2.34. The Kier molecular flexibility index (Phi) is 4.83. The number of nitrogens with zero attached hydrogens (tertiary/aromatic N) is 1. The lowest BCUT2D eigenvalue weighted by molar-refractivity contribution is 0.0951. The number of phenolic OH excluding ortho intramolecular Hbond substituents is 1. The van der Waals surface area contributed by atoms with E-state index in [4.69, 9.17) is 11.6 Å². The summed E-state index contributed by atoms with van der Waals surface area (Å²) in [4.78, 5) is 16.0. The maximum atomic E-state index is 12.8. The van der Waals surface area contributed by atoms with Gasteiger partial charge in [-0.05, 0) is 35.9 Å². The molecule has 5 nitrogen and oxygen atoms in total. The van der Waals surface area contributed by atoms with Gasteiger partial charge >= 0.3 is 0 Å². The largest absolute Gasteiger partial charge is 0.507 e. The number of aromatic amines is 1. The van der Waals surface area contributed by atoms with E-state index in [0.29, 0.717) is 16.3 Å². The number of hydrogen-bond acceptors (Lipinski definition) is 3. The maximum absolute atomic E-state index is 12.8. The van der Waals surface area contributed by atoms with E-state index in [1.807, 2.05) is 42.5 Å². The molecule has 3 aromatic carbocycles. The Labute approximate surface area is 166 Å². The number of hydrazone groups is 1. The number of nitrogens with one attached hydrogen (secondary N) is 2. The van der Waals surface area contributed by atoms with Crippen molar-refractivity contribution in [2.75, 3.05) is 0 Å². The summed E-state index contributed by atoms with van der Waals surface area (Å²) < 4.78 is 0. The highest BCUT2D eigenvalue weighted by atomic mass is 35.5. The molecule has 3 N–H and O–H groups in total. The van der Waals surface area contributed by atoms with Gasteiger partial charge in [-0.3, -0.25) is 4.79 Å². The summed E-state index contributed by atoms with van der Waals surface area (Å²) in [6, 6.07) is 21.8. The second-order valence-corrected chi connectivity index (χ2v) is 6.63. The van der Waals surface area contributed by atoms with E-state index in [9.17, 15) is 9.90 Å². The van der Waals surface area contributed by atoms with Gasteiger partial charge in [-0.1, -0.05) is 54.1 Å². The van der Waals surface area contributed by atoms with Crippen molar-refractivity contribution in [2.24, 2.45) is 5.10 Å². The number of halogens is 1. The first-order valence-electron chi connectivity index (χ1n) is 8.61. The van der Waals surface area contributed by atoms with Gasteiger partial charge in [0.2, 0.25) is 0 Å². The first-order valence-corrected chi connectivity index (χ1v) is 8.99. The average molecular weight is 390 g/mol. The minimum atomic E-state index is -0.391. The van der Waals surface area contributed by atoms with E-state index in [0.717, 1.165) is 22.0 Å². The zero-order valence-electron chi connectivity index (χ0n) is 14.7. The molecule has 0 fully saturated rings. The fourth-order valence-corrected chi connectivity index (χ4v) is 3.22. The van der Waals surface area contributed by atoms with Crippen LogP contribution in [0.5, 0.6) is 5.75 Å². The predicted octanol–water partition coefficient (Wildman–Crippen LogP) is 4.96. The summed E-state index contributed by atoms with van der Waals surface area (Å²) in [7, 11) is 0. The Morgan fingerprint density at radius 1 is 1.04 bits per heavy atom. The van der Waals surface area contributed by atoms with Gasteiger partial charge in [0, 0.05) is 27.1 Å². The Bertz CT molecular complexity index is 1180. The third-order valence-corrected chi connectivity index (χ3v) is 4.59. The molecule has 1 amide bonds. The number of carbonyl (C=O) groups excluding carboxylic acids is 1. The second-order valence-electron chi connectivity index (χ2n) is 6.19. The molecule has 4 aromatic rings. The first kappa shape index (κ1) is 17.8. The van der Waals surface area contributed by atoms with Crippen LogP contribution in [0, 0.1) is 0 Å². The molecule has 0 aliphatic carbocycles. The zero-order valence-corrected chi connectivity index (χ0v) is 15.4. The molecule has 0 spiro atoms. The van der Waals surface area contributed by atoms with Crippen LogP contribution in [-0.2, 0) is 0 Å². The number of H-pyrrole nitrogens is 1. The van der Waals surface area contributed by atoms with Crippen LogP contribution in [0.2, 0.25) is 5.02 Å². The zero-order chi connectivity index (χ0) is 19.5. The summed E-state index contributed by atoms with van der Waals surface area (Å²) in [5.74, 6) is -0.302. The fraction of sp³-hybridized carbons (Fsp3) is 0. The van der Waals surface area contributed by atoms with Crippen LogP contribution in [0.1, 0.15) is 16.1 Å². The van der Waals surface area contributed by atoms with E-state index < -0.39 is 5.91 Å². The lowest BCUT2D eigenvalue weighted by atomic mass is 10.0. The van der Waals surface area contributed by atoms with Crippen LogP contribution in [0.25, 0.3) is 22.0 Å². The Morgan fingerprint density at radius 2 is 1.79 bits per heavy atom. The second kappa shape index (κ2) is 7.58. The minimum absolute atomic E-state index is 0.0886. The molecule has 0 unspecified atom stereocenters. The Morgan fingerprint density at radius 3 is 2.57 bits per heavy atom. The van der Waals surface area contributed by atoms with Gasteiger partial charge in [-0.25, -0.2) is 5.43 Å². The molecule has 28 heavy (non-hydrogen) atoms. The number of fused-ring (bicyclic) bond motifs is 1. The van der Waals surface area contributed by atoms with Crippen LogP contribution in [0.3, 0.4) is 0 Å². The van der Waals surface area contributed by atoms with Gasteiger partial charge in [-0.15, -0.1) is 0 Å². The topological polar surface area (TPSA) is 77.5 Å². The van der Waals surface area contributed by atoms with Crippen molar-refractivity contribution in [3.05, 3.63) is 89.1 Å². The van der Waals surface area contributed by atoms with Gasteiger partial charge in [0.15, 0.2) is 0 Å². The molecule has 138 valence electrons. The van der Waals surface area contributed by atoms with E-state index in [2.05, 4.69) is 15.5 Å². The number of rotatable bonds is 4. The lowest BCUT2D eigenvalue weighted by Crippen LogP contribution is -2.18. The molecule has 4 rings (SSSR count). The number of para-hydroxylation sites is 1. The number of hydrogen-bond donors (Lipinski definition) is 3. The number of amides is 1. The number of aromatic nitrogens is 1. The molecule has 0 atom stereocenters. The fourth-order valence-electron chi connectivity index (χ4n) is 3.05. The monoisotopic (exact) mass is 389 g/mol. The van der Waals surface area contributed by atoms with Crippen molar-refractivity contribution < 1.29 is 9.90 Å².